The summed E-state index contributed by atoms with van der Waals surface area (Å²) in [5.41, 5.74) is 4.25. The average Bonchev–Trinajstić information content (AvgIpc) is 3.06. The molecule has 3 rings (SSSR count). The zero-order valence-electron chi connectivity index (χ0n) is 13.7. The number of hydrogen-bond acceptors (Lipinski definition) is 4. The maximum Gasteiger partial charge on any atom is 0.210 e. The average molecular weight is 397 g/mol. The summed E-state index contributed by atoms with van der Waals surface area (Å²) < 4.78 is 1.85. The van der Waals surface area contributed by atoms with Crippen molar-refractivity contribution >= 4 is 5.78 Å². The van der Waals surface area contributed by atoms with Crippen molar-refractivity contribution in [2.24, 2.45) is 0 Å². The van der Waals surface area contributed by atoms with Crippen molar-refractivity contribution in [3.63, 3.8) is 0 Å². The van der Waals surface area contributed by atoms with E-state index in [1.54, 1.807) is 0 Å². The van der Waals surface area contributed by atoms with Gasteiger partial charge in [0.2, 0.25) is 18.2 Å². The van der Waals surface area contributed by atoms with Crippen LogP contribution in [-0.4, -0.2) is 26.4 Å². The number of carbonyl (C=O) groups excluding carboxylic acids is 1. The number of nitrogens with zero attached hydrogens (tertiary/aromatic N) is 4. The number of tetrazole rings is 1. The smallest absolute Gasteiger partial charge is 0.210 e. The third-order valence-electron chi connectivity index (χ3n) is 3.84. The van der Waals surface area contributed by atoms with E-state index in [1.807, 2.05) is 61.1 Å². The van der Waals surface area contributed by atoms with E-state index in [-0.39, 0.29) is 38.5 Å². The third-order valence-corrected chi connectivity index (χ3v) is 3.84. The number of ketones is 1. The number of H-pyrrole nitrogens is 1. The molecule has 2 aromatic heterocycles. The number of pyridine rings is 1. The molecule has 6 nitrogen and oxygen atoms in total. The molecule has 1 N–H and O–H groups in total. The van der Waals surface area contributed by atoms with Crippen LogP contribution in [-0.2, 0) is 50.5 Å². The van der Waals surface area contributed by atoms with Crippen molar-refractivity contribution in [3.8, 4) is 11.4 Å². The van der Waals surface area contributed by atoms with Gasteiger partial charge in [-0.1, -0.05) is 18.2 Å². The zero-order chi connectivity index (χ0) is 16.2. The molecule has 0 saturated carbocycles. The summed E-state index contributed by atoms with van der Waals surface area (Å²) in [6.45, 7) is 4.40. The number of rotatable bonds is 5. The van der Waals surface area contributed by atoms with Crippen LogP contribution in [0.25, 0.3) is 11.4 Å². The Morgan fingerprint density at radius 1 is 1.17 bits per heavy atom. The minimum absolute atomic E-state index is 0. The Labute approximate surface area is 165 Å². The third kappa shape index (κ3) is 4.39. The molecule has 0 aliphatic rings. The summed E-state index contributed by atoms with van der Waals surface area (Å²) in [6.07, 6.45) is 4.16. The molecule has 119 valence electrons. The monoisotopic (exact) mass is 397 g/mol. The summed E-state index contributed by atoms with van der Waals surface area (Å²) >= 11 is 0. The zero-order valence-corrected chi connectivity index (χ0v) is 16.6. The summed E-state index contributed by atoms with van der Waals surface area (Å²) in [4.78, 5) is 12.4. The van der Waals surface area contributed by atoms with Crippen molar-refractivity contribution < 1.29 is 42.1 Å². The fraction of sp³-hybridized carbons (Fsp3) is 0.235. The molecule has 0 spiro atoms. The minimum Gasteiger partial charge on any atom is -0.292 e. The number of nitrogens with one attached hydrogen (secondary N) is 1. The van der Waals surface area contributed by atoms with Crippen molar-refractivity contribution in [2.45, 2.75) is 26.8 Å². The number of Topliss-reactive ketones (excluding diaryl/α,β-unsaturated/α-hetero) is 1. The van der Waals surface area contributed by atoms with Gasteiger partial charge in [0.1, 0.15) is 0 Å². The first-order valence-electron chi connectivity index (χ1n) is 7.43. The summed E-state index contributed by atoms with van der Waals surface area (Å²) in [5.74, 6) is 0.680. The van der Waals surface area contributed by atoms with E-state index in [2.05, 4.69) is 20.6 Å². The van der Waals surface area contributed by atoms with Crippen LogP contribution in [0.4, 0.5) is 0 Å². The number of aromatic amines is 1. The Hall–Kier alpha value is -1.79. The van der Waals surface area contributed by atoms with Gasteiger partial charge < -0.3 is 0 Å². The van der Waals surface area contributed by atoms with Crippen LogP contribution >= 0.6 is 0 Å². The van der Waals surface area contributed by atoms with E-state index in [0.29, 0.717) is 18.8 Å². The molecule has 0 fully saturated rings. The fourth-order valence-electron chi connectivity index (χ4n) is 2.62. The van der Waals surface area contributed by atoms with Crippen molar-refractivity contribution in [3.05, 3.63) is 59.4 Å². The molecule has 0 unspecified atom stereocenters. The second kappa shape index (κ2) is 8.35. The van der Waals surface area contributed by atoms with Gasteiger partial charge in [0.05, 0.1) is 5.56 Å². The maximum absolute atomic E-state index is 12.4. The van der Waals surface area contributed by atoms with E-state index in [0.717, 1.165) is 22.3 Å². The van der Waals surface area contributed by atoms with Crippen LogP contribution in [0.2, 0.25) is 0 Å². The van der Waals surface area contributed by atoms with Gasteiger partial charge in [0.25, 0.3) is 0 Å². The van der Waals surface area contributed by atoms with Crippen molar-refractivity contribution in [1.29, 1.82) is 0 Å². The quantitative estimate of drug-likeness (QED) is 0.664. The van der Waals surface area contributed by atoms with Gasteiger partial charge >= 0.3 is 0 Å². The predicted molar refractivity (Wildman–Crippen MR) is 84.4 cm³/mol. The van der Waals surface area contributed by atoms with E-state index in [4.69, 9.17) is 0 Å². The van der Waals surface area contributed by atoms with Crippen LogP contribution in [0, 0.1) is 13.8 Å². The topological polar surface area (TPSA) is 75.4 Å². The molecule has 0 saturated heterocycles. The number of hydrogen-bond donors (Lipinski definition) is 1. The molecular formula is C17H18N5OY+. The normalized spacial score (nSPS) is 10.2. The van der Waals surface area contributed by atoms with E-state index in [1.165, 1.54) is 0 Å². The van der Waals surface area contributed by atoms with Gasteiger partial charge in [-0.3, -0.25) is 4.79 Å². The maximum atomic E-state index is 12.4. The van der Waals surface area contributed by atoms with Gasteiger partial charge in [-0.05, 0) is 41.8 Å². The SMILES string of the molecule is Cc1cccc(C)c1CC(=O)C[n+]1cccc(-c2nn[nH]n2)c1.[Y]. The molecule has 7 heteroatoms. The molecule has 1 aromatic carbocycles. The minimum atomic E-state index is 0. The van der Waals surface area contributed by atoms with Gasteiger partial charge in [-0.2, -0.15) is 9.78 Å². The first-order valence-corrected chi connectivity index (χ1v) is 7.43. The summed E-state index contributed by atoms with van der Waals surface area (Å²) in [5, 5.41) is 13.9. The van der Waals surface area contributed by atoms with E-state index < -0.39 is 0 Å². The molecule has 2 heterocycles. The van der Waals surface area contributed by atoms with E-state index in [9.17, 15) is 4.79 Å². The second-order valence-electron chi connectivity index (χ2n) is 5.59. The standard InChI is InChI=1S/C17H18N5O.Y/c1-12-5-3-6-13(2)16(12)9-15(23)11-22-8-4-7-14(10-22)17-18-20-21-19-17;/h3-8,10H,9,11H2,1-2H3,(H,18,19,20,21);/q+1;. The molecule has 3 aromatic rings. The Morgan fingerprint density at radius 2 is 1.92 bits per heavy atom. The first-order chi connectivity index (χ1) is 11.1. The van der Waals surface area contributed by atoms with Crippen LogP contribution < -0.4 is 4.57 Å². The Kier molecular flexibility index (Phi) is 6.46. The van der Waals surface area contributed by atoms with Gasteiger partial charge in [0, 0.05) is 45.2 Å². The van der Waals surface area contributed by atoms with Crippen molar-refractivity contribution in [2.75, 3.05) is 0 Å². The molecule has 0 atom stereocenters. The number of aromatic nitrogens is 5. The summed E-state index contributed by atoms with van der Waals surface area (Å²) in [7, 11) is 0. The van der Waals surface area contributed by atoms with Crippen LogP contribution in [0.15, 0.2) is 42.7 Å². The van der Waals surface area contributed by atoms with Gasteiger partial charge in [-0.15, -0.1) is 10.2 Å². The fourth-order valence-corrected chi connectivity index (χ4v) is 2.62. The largest absolute Gasteiger partial charge is 0.292 e. The Morgan fingerprint density at radius 3 is 2.58 bits per heavy atom. The molecule has 0 aliphatic carbocycles. The number of carbonyl (C=O) groups is 1. The van der Waals surface area contributed by atoms with Gasteiger partial charge in [0.15, 0.2) is 12.4 Å². The molecule has 1 radical (unpaired) electrons. The van der Waals surface area contributed by atoms with Gasteiger partial charge in [-0.25, -0.2) is 0 Å². The Bertz CT molecular complexity index is 813. The van der Waals surface area contributed by atoms with Crippen molar-refractivity contribution in [1.82, 2.24) is 20.6 Å². The van der Waals surface area contributed by atoms with E-state index >= 15 is 0 Å². The van der Waals surface area contributed by atoms with Crippen LogP contribution in [0.1, 0.15) is 16.7 Å². The Balaban J connectivity index is 0.00000208. The molecule has 0 amide bonds. The predicted octanol–water partition coefficient (Wildman–Crippen LogP) is 1.58. The van der Waals surface area contributed by atoms with Crippen LogP contribution in [0.5, 0.6) is 0 Å². The molecule has 0 aliphatic heterocycles. The molecule has 24 heavy (non-hydrogen) atoms. The summed E-state index contributed by atoms with van der Waals surface area (Å²) in [6, 6.07) is 9.86. The molecular weight excluding hydrogens is 379 g/mol. The second-order valence-corrected chi connectivity index (χ2v) is 5.59. The van der Waals surface area contributed by atoms with Crippen LogP contribution in [0.3, 0.4) is 0 Å². The number of aryl methyl sites for hydroxylation is 2. The molecule has 0 bridgehead atoms. The first kappa shape index (κ1) is 18.6. The number of benzene rings is 1.